The quantitative estimate of drug-likeness (QED) is 0.473. The van der Waals surface area contributed by atoms with Gasteiger partial charge < -0.3 is 10.6 Å². The van der Waals surface area contributed by atoms with E-state index in [1.807, 2.05) is 12.3 Å². The molecule has 2 aromatic rings. The Bertz CT molecular complexity index is 697. The number of hydrogen-bond acceptors (Lipinski definition) is 5. The second-order valence-electron chi connectivity index (χ2n) is 4.43. The van der Waals surface area contributed by atoms with Crippen LogP contribution in [0.1, 0.15) is 20.8 Å². The fraction of sp³-hybridized carbons (Fsp3) is 0.200. The molecule has 0 spiro atoms. The third-order valence-corrected chi connectivity index (χ3v) is 3.69. The van der Waals surface area contributed by atoms with Crippen molar-refractivity contribution in [3.05, 3.63) is 52.8 Å². The van der Waals surface area contributed by atoms with Crippen molar-refractivity contribution in [2.45, 2.75) is 5.16 Å². The van der Waals surface area contributed by atoms with E-state index in [0.717, 1.165) is 0 Å². The molecule has 1 aromatic heterocycles. The Hall–Kier alpha value is -2.12. The summed E-state index contributed by atoms with van der Waals surface area (Å²) in [5, 5.41) is 6.04. The van der Waals surface area contributed by atoms with E-state index in [1.165, 1.54) is 18.0 Å². The Morgan fingerprint density at radius 1 is 1.13 bits per heavy atom. The zero-order valence-electron chi connectivity index (χ0n) is 12.4. The van der Waals surface area contributed by atoms with E-state index < -0.39 is 5.91 Å². The molecule has 0 atom stereocenters. The van der Waals surface area contributed by atoms with Crippen molar-refractivity contribution in [3.63, 3.8) is 0 Å². The first-order valence-corrected chi connectivity index (χ1v) is 8.40. The molecule has 0 aliphatic carbocycles. The summed E-state index contributed by atoms with van der Waals surface area (Å²) in [6.07, 6.45) is 3.20. The lowest BCUT2D eigenvalue weighted by molar-refractivity contribution is 0.0924. The molecule has 0 radical (unpaired) electrons. The van der Waals surface area contributed by atoms with Gasteiger partial charge in [-0.3, -0.25) is 9.59 Å². The first kappa shape index (κ1) is 17.2. The SMILES string of the molecule is CSc1ncc(Cl)c(C(=O)NCCNC(=O)c2ccccc2)n1. The summed E-state index contributed by atoms with van der Waals surface area (Å²) < 4.78 is 0. The van der Waals surface area contributed by atoms with Gasteiger partial charge in [0.2, 0.25) is 0 Å². The van der Waals surface area contributed by atoms with Gasteiger partial charge in [-0.25, -0.2) is 9.97 Å². The van der Waals surface area contributed by atoms with Crippen LogP contribution >= 0.6 is 23.4 Å². The average Bonchev–Trinajstić information content (AvgIpc) is 2.59. The van der Waals surface area contributed by atoms with E-state index in [1.54, 1.807) is 24.3 Å². The van der Waals surface area contributed by atoms with E-state index in [2.05, 4.69) is 20.6 Å². The van der Waals surface area contributed by atoms with Gasteiger partial charge in [0.25, 0.3) is 11.8 Å². The van der Waals surface area contributed by atoms with E-state index in [0.29, 0.717) is 17.3 Å². The van der Waals surface area contributed by atoms with E-state index in [9.17, 15) is 9.59 Å². The van der Waals surface area contributed by atoms with Gasteiger partial charge in [0, 0.05) is 18.7 Å². The van der Waals surface area contributed by atoms with Crippen LogP contribution in [0.4, 0.5) is 0 Å². The molecule has 1 heterocycles. The molecule has 1 aromatic carbocycles. The minimum Gasteiger partial charge on any atom is -0.350 e. The summed E-state index contributed by atoms with van der Waals surface area (Å²) in [7, 11) is 0. The zero-order chi connectivity index (χ0) is 16.7. The van der Waals surface area contributed by atoms with E-state index >= 15 is 0 Å². The van der Waals surface area contributed by atoms with Crippen molar-refractivity contribution < 1.29 is 9.59 Å². The van der Waals surface area contributed by atoms with Crippen LogP contribution in [0.15, 0.2) is 41.7 Å². The number of nitrogens with one attached hydrogen (secondary N) is 2. The summed E-state index contributed by atoms with van der Waals surface area (Å²) in [6, 6.07) is 8.86. The molecular weight excluding hydrogens is 336 g/mol. The second-order valence-corrected chi connectivity index (χ2v) is 5.61. The third kappa shape index (κ3) is 4.94. The van der Waals surface area contributed by atoms with Gasteiger partial charge in [0.15, 0.2) is 10.9 Å². The maximum Gasteiger partial charge on any atom is 0.271 e. The number of amides is 2. The standard InChI is InChI=1S/C15H15ClN4O2S/c1-23-15-19-9-11(16)12(20-15)14(22)18-8-7-17-13(21)10-5-3-2-4-6-10/h2-6,9H,7-8H2,1H3,(H,17,21)(H,18,22). The maximum absolute atomic E-state index is 12.0. The summed E-state index contributed by atoms with van der Waals surface area (Å²) in [5.41, 5.74) is 0.697. The Kier molecular flexibility index (Phi) is 6.37. The van der Waals surface area contributed by atoms with Crippen LogP contribution in [0, 0.1) is 0 Å². The molecule has 120 valence electrons. The molecule has 0 bridgehead atoms. The van der Waals surface area contributed by atoms with Crippen molar-refractivity contribution in [1.29, 1.82) is 0 Å². The molecule has 0 saturated heterocycles. The molecule has 0 unspecified atom stereocenters. The lowest BCUT2D eigenvalue weighted by Gasteiger charge is -2.08. The molecular formula is C15H15ClN4O2S. The number of aromatic nitrogens is 2. The zero-order valence-corrected chi connectivity index (χ0v) is 13.9. The first-order valence-electron chi connectivity index (χ1n) is 6.80. The van der Waals surface area contributed by atoms with Crippen LogP contribution in [-0.4, -0.2) is 41.1 Å². The van der Waals surface area contributed by atoms with Crippen molar-refractivity contribution >= 4 is 35.2 Å². The molecule has 0 saturated carbocycles. The highest BCUT2D eigenvalue weighted by Gasteiger charge is 2.13. The third-order valence-electron chi connectivity index (χ3n) is 2.85. The van der Waals surface area contributed by atoms with E-state index in [-0.39, 0.29) is 23.2 Å². The number of thioether (sulfide) groups is 1. The van der Waals surface area contributed by atoms with Crippen molar-refractivity contribution in [2.24, 2.45) is 0 Å². The molecule has 2 amide bonds. The predicted molar refractivity (Wildman–Crippen MR) is 89.9 cm³/mol. The average molecular weight is 351 g/mol. The van der Waals surface area contributed by atoms with Gasteiger partial charge in [-0.1, -0.05) is 41.6 Å². The minimum absolute atomic E-state index is 0.125. The highest BCUT2D eigenvalue weighted by atomic mass is 35.5. The van der Waals surface area contributed by atoms with Gasteiger partial charge in [-0.2, -0.15) is 0 Å². The first-order chi connectivity index (χ1) is 11.1. The number of carbonyl (C=O) groups excluding carboxylic acids is 2. The summed E-state index contributed by atoms with van der Waals surface area (Å²) in [6.45, 7) is 0.573. The summed E-state index contributed by atoms with van der Waals surface area (Å²) in [4.78, 5) is 31.9. The van der Waals surface area contributed by atoms with E-state index in [4.69, 9.17) is 11.6 Å². The fourth-order valence-electron chi connectivity index (χ4n) is 1.74. The topological polar surface area (TPSA) is 84.0 Å². The number of nitrogens with zero attached hydrogens (tertiary/aromatic N) is 2. The highest BCUT2D eigenvalue weighted by Crippen LogP contribution is 2.16. The van der Waals surface area contributed by atoms with Crippen LogP contribution in [0.2, 0.25) is 5.02 Å². The number of carbonyl (C=O) groups is 2. The molecule has 23 heavy (non-hydrogen) atoms. The van der Waals surface area contributed by atoms with Gasteiger partial charge in [0.05, 0.1) is 11.2 Å². The fourth-order valence-corrected chi connectivity index (χ4v) is 2.25. The van der Waals surface area contributed by atoms with Crippen molar-refractivity contribution in [2.75, 3.05) is 19.3 Å². The summed E-state index contributed by atoms with van der Waals surface area (Å²) in [5.74, 6) is -0.591. The van der Waals surface area contributed by atoms with Gasteiger partial charge in [-0.15, -0.1) is 0 Å². The minimum atomic E-state index is -0.401. The smallest absolute Gasteiger partial charge is 0.271 e. The number of rotatable bonds is 6. The molecule has 0 aliphatic heterocycles. The van der Waals surface area contributed by atoms with Crippen molar-refractivity contribution in [1.82, 2.24) is 20.6 Å². The van der Waals surface area contributed by atoms with Crippen LogP contribution in [0.5, 0.6) is 0 Å². The van der Waals surface area contributed by atoms with Gasteiger partial charge in [-0.05, 0) is 18.4 Å². The Labute approximate surface area is 143 Å². The summed E-state index contributed by atoms with van der Waals surface area (Å²) >= 11 is 7.25. The van der Waals surface area contributed by atoms with Crippen LogP contribution < -0.4 is 10.6 Å². The largest absolute Gasteiger partial charge is 0.350 e. The maximum atomic E-state index is 12.0. The molecule has 6 nitrogen and oxygen atoms in total. The lowest BCUT2D eigenvalue weighted by atomic mass is 10.2. The van der Waals surface area contributed by atoms with Crippen LogP contribution in [0.3, 0.4) is 0 Å². The molecule has 0 fully saturated rings. The second kappa shape index (κ2) is 8.50. The molecule has 0 aliphatic rings. The Morgan fingerprint density at radius 3 is 2.43 bits per heavy atom. The van der Waals surface area contributed by atoms with Crippen molar-refractivity contribution in [3.8, 4) is 0 Å². The van der Waals surface area contributed by atoms with Crippen LogP contribution in [0.25, 0.3) is 0 Å². The lowest BCUT2D eigenvalue weighted by Crippen LogP contribution is -2.35. The van der Waals surface area contributed by atoms with Crippen LogP contribution in [-0.2, 0) is 0 Å². The monoisotopic (exact) mass is 350 g/mol. The number of halogens is 1. The highest BCUT2D eigenvalue weighted by molar-refractivity contribution is 7.98. The predicted octanol–water partition coefficient (Wildman–Crippen LogP) is 2.01. The number of benzene rings is 1. The number of hydrogen-bond donors (Lipinski definition) is 2. The Morgan fingerprint density at radius 2 is 1.78 bits per heavy atom. The van der Waals surface area contributed by atoms with Gasteiger partial charge >= 0.3 is 0 Å². The molecule has 2 rings (SSSR count). The normalized spacial score (nSPS) is 10.2. The Balaban J connectivity index is 1.82. The molecule has 8 heteroatoms. The molecule has 2 N–H and O–H groups in total. The van der Waals surface area contributed by atoms with Gasteiger partial charge in [0.1, 0.15) is 0 Å².